The smallest absolute Gasteiger partial charge is 0.243 e. The van der Waals surface area contributed by atoms with Crippen LogP contribution < -0.4 is 15.5 Å². The van der Waals surface area contributed by atoms with Crippen LogP contribution in [0, 0.1) is 0 Å². The first kappa shape index (κ1) is 22.6. The number of nitrogens with zero attached hydrogens (tertiary/aromatic N) is 4. The first-order valence-corrected chi connectivity index (χ1v) is 8.12. The molecule has 0 aliphatic carbocycles. The van der Waals surface area contributed by atoms with E-state index in [0.29, 0.717) is 23.5 Å². The van der Waals surface area contributed by atoms with Crippen LogP contribution >= 0.6 is 24.8 Å². The summed E-state index contributed by atoms with van der Waals surface area (Å²) < 4.78 is 0. The summed E-state index contributed by atoms with van der Waals surface area (Å²) in [5, 5.41) is 6.24. The van der Waals surface area contributed by atoms with Gasteiger partial charge in [0.2, 0.25) is 5.91 Å². The number of fused-ring (bicyclic) bond motifs is 1. The van der Waals surface area contributed by atoms with E-state index < -0.39 is 0 Å². The minimum atomic E-state index is -0.113. The topological polar surface area (TPSA) is 98.8 Å². The minimum Gasteiger partial charge on any atom is -0.348 e. The molecule has 3 aromatic rings. The molecule has 0 fully saturated rings. The maximum absolute atomic E-state index is 12.5. The van der Waals surface area contributed by atoms with E-state index in [0.717, 1.165) is 17.8 Å². The van der Waals surface area contributed by atoms with Crippen molar-refractivity contribution >= 4 is 53.4 Å². The molecule has 8 nitrogen and oxygen atoms in total. The van der Waals surface area contributed by atoms with Crippen LogP contribution in [0.4, 0.5) is 11.5 Å². The number of carbonyl (C=O) groups is 1. The SMILES string of the molecule is CCNCc1ccccc1NC(=O)CN(C)c1ncnc2nc[nH]c12.Cl.Cl. The van der Waals surface area contributed by atoms with Crippen LogP contribution in [0.3, 0.4) is 0 Å². The van der Waals surface area contributed by atoms with Crippen molar-refractivity contribution in [3.63, 3.8) is 0 Å². The molecule has 10 heteroatoms. The number of halogens is 2. The Hall–Kier alpha value is -2.42. The Morgan fingerprint density at radius 3 is 2.74 bits per heavy atom. The van der Waals surface area contributed by atoms with E-state index in [-0.39, 0.29) is 37.3 Å². The van der Waals surface area contributed by atoms with Gasteiger partial charge in [0.25, 0.3) is 0 Å². The van der Waals surface area contributed by atoms with Crippen LogP contribution in [-0.4, -0.2) is 46.0 Å². The third-order valence-electron chi connectivity index (χ3n) is 3.80. The zero-order valence-electron chi connectivity index (χ0n) is 15.1. The number of aromatic amines is 1. The molecule has 0 saturated heterocycles. The number of benzene rings is 1. The molecule has 0 unspecified atom stereocenters. The highest BCUT2D eigenvalue weighted by molar-refractivity contribution is 5.95. The molecule has 2 heterocycles. The molecule has 1 aromatic carbocycles. The van der Waals surface area contributed by atoms with Crippen LogP contribution in [0.25, 0.3) is 11.2 Å². The number of imidazole rings is 1. The third-order valence-corrected chi connectivity index (χ3v) is 3.80. The second-order valence-corrected chi connectivity index (χ2v) is 5.64. The summed E-state index contributed by atoms with van der Waals surface area (Å²) in [7, 11) is 1.81. The molecule has 146 valence electrons. The summed E-state index contributed by atoms with van der Waals surface area (Å²) in [6, 6.07) is 7.78. The zero-order valence-corrected chi connectivity index (χ0v) is 16.7. The lowest BCUT2D eigenvalue weighted by Crippen LogP contribution is -2.31. The lowest BCUT2D eigenvalue weighted by Gasteiger charge is -2.18. The van der Waals surface area contributed by atoms with Gasteiger partial charge < -0.3 is 20.5 Å². The third kappa shape index (κ3) is 5.53. The Bertz CT molecular complexity index is 871. The summed E-state index contributed by atoms with van der Waals surface area (Å²) >= 11 is 0. The van der Waals surface area contributed by atoms with E-state index in [1.807, 2.05) is 38.2 Å². The predicted octanol–water partition coefficient (Wildman–Crippen LogP) is 2.38. The number of H-pyrrole nitrogens is 1. The fourth-order valence-electron chi connectivity index (χ4n) is 2.58. The number of para-hydroxylation sites is 1. The predicted molar refractivity (Wildman–Crippen MR) is 112 cm³/mol. The summed E-state index contributed by atoms with van der Waals surface area (Å²) in [6.07, 6.45) is 3.01. The van der Waals surface area contributed by atoms with Crippen molar-refractivity contribution < 1.29 is 4.79 Å². The highest BCUT2D eigenvalue weighted by Gasteiger charge is 2.14. The van der Waals surface area contributed by atoms with E-state index in [9.17, 15) is 4.79 Å². The van der Waals surface area contributed by atoms with Gasteiger partial charge in [0.15, 0.2) is 11.5 Å². The molecule has 1 amide bonds. The number of carbonyl (C=O) groups excluding carboxylic acids is 1. The molecule has 0 spiro atoms. The number of rotatable bonds is 7. The molecule has 0 saturated carbocycles. The van der Waals surface area contributed by atoms with Gasteiger partial charge in [0.1, 0.15) is 11.8 Å². The normalized spacial score (nSPS) is 10.0. The van der Waals surface area contributed by atoms with Crippen LogP contribution in [0.1, 0.15) is 12.5 Å². The second kappa shape index (κ2) is 10.7. The van der Waals surface area contributed by atoms with E-state index in [1.54, 1.807) is 11.2 Å². The highest BCUT2D eigenvalue weighted by atomic mass is 35.5. The molecule has 0 aliphatic rings. The summed E-state index contributed by atoms with van der Waals surface area (Å²) in [5.74, 6) is 0.524. The molecular weight excluding hydrogens is 389 g/mol. The Morgan fingerprint density at radius 2 is 1.96 bits per heavy atom. The number of likely N-dealkylation sites (N-methyl/N-ethyl adjacent to an activating group) is 1. The average molecular weight is 412 g/mol. The van der Waals surface area contributed by atoms with E-state index in [4.69, 9.17) is 0 Å². The molecule has 0 bridgehead atoms. The molecule has 2 aromatic heterocycles. The molecule has 0 aliphatic heterocycles. The summed E-state index contributed by atoms with van der Waals surface area (Å²) in [5.41, 5.74) is 3.16. The van der Waals surface area contributed by atoms with Crippen molar-refractivity contribution in [3.8, 4) is 0 Å². The second-order valence-electron chi connectivity index (χ2n) is 5.64. The fourth-order valence-corrected chi connectivity index (χ4v) is 2.58. The lowest BCUT2D eigenvalue weighted by atomic mass is 10.1. The van der Waals surface area contributed by atoms with Crippen molar-refractivity contribution in [1.82, 2.24) is 25.3 Å². The quantitative estimate of drug-likeness (QED) is 0.551. The van der Waals surface area contributed by atoms with Crippen molar-refractivity contribution in [3.05, 3.63) is 42.5 Å². The van der Waals surface area contributed by atoms with E-state index in [1.165, 1.54) is 6.33 Å². The van der Waals surface area contributed by atoms with Crippen LogP contribution in [0.15, 0.2) is 36.9 Å². The summed E-state index contributed by atoms with van der Waals surface area (Å²) in [4.78, 5) is 29.7. The van der Waals surface area contributed by atoms with Crippen molar-refractivity contribution in [2.75, 3.05) is 30.4 Å². The molecular formula is C17H23Cl2N7O. The van der Waals surface area contributed by atoms with Gasteiger partial charge in [-0.2, -0.15) is 0 Å². The maximum atomic E-state index is 12.5. The van der Waals surface area contributed by atoms with Gasteiger partial charge >= 0.3 is 0 Å². The van der Waals surface area contributed by atoms with Gasteiger partial charge in [-0.25, -0.2) is 15.0 Å². The van der Waals surface area contributed by atoms with E-state index >= 15 is 0 Å². The standard InChI is InChI=1S/C17H21N7O.2ClH/c1-3-18-8-12-6-4-5-7-13(12)23-14(25)9-24(2)17-15-16(20-10-19-15)21-11-22-17;;/h4-7,10-11,18H,3,8-9H2,1-2H3,(H,23,25)(H,19,20,21,22);2*1H. The number of hydrogen-bond donors (Lipinski definition) is 3. The Kier molecular flexibility index (Phi) is 8.93. The largest absolute Gasteiger partial charge is 0.348 e. The van der Waals surface area contributed by atoms with Crippen LogP contribution in [-0.2, 0) is 11.3 Å². The fraction of sp³-hybridized carbons (Fsp3) is 0.294. The van der Waals surface area contributed by atoms with E-state index in [2.05, 4.69) is 30.6 Å². The van der Waals surface area contributed by atoms with Crippen LogP contribution in [0.5, 0.6) is 0 Å². The number of amides is 1. The summed E-state index contributed by atoms with van der Waals surface area (Å²) in [6.45, 7) is 3.80. The number of anilines is 2. The number of nitrogens with one attached hydrogen (secondary N) is 3. The molecule has 27 heavy (non-hydrogen) atoms. The lowest BCUT2D eigenvalue weighted by molar-refractivity contribution is -0.114. The monoisotopic (exact) mass is 411 g/mol. The first-order chi connectivity index (χ1) is 12.2. The van der Waals surface area contributed by atoms with Gasteiger partial charge in [-0.05, 0) is 18.2 Å². The Morgan fingerprint density at radius 1 is 1.19 bits per heavy atom. The Balaban J connectivity index is 0.00000182. The molecule has 0 atom stereocenters. The minimum absolute atomic E-state index is 0. The average Bonchev–Trinajstić information content (AvgIpc) is 3.09. The zero-order chi connectivity index (χ0) is 17.6. The van der Waals surface area contributed by atoms with Gasteiger partial charge in [0.05, 0.1) is 12.9 Å². The number of hydrogen-bond acceptors (Lipinski definition) is 6. The molecule has 3 rings (SSSR count). The van der Waals surface area contributed by atoms with Gasteiger partial charge in [-0.1, -0.05) is 25.1 Å². The van der Waals surface area contributed by atoms with Crippen molar-refractivity contribution in [2.24, 2.45) is 0 Å². The molecule has 0 radical (unpaired) electrons. The van der Waals surface area contributed by atoms with Crippen molar-refractivity contribution in [2.45, 2.75) is 13.5 Å². The number of aromatic nitrogens is 4. The highest BCUT2D eigenvalue weighted by Crippen LogP contribution is 2.19. The van der Waals surface area contributed by atoms with Gasteiger partial charge in [-0.3, -0.25) is 4.79 Å². The maximum Gasteiger partial charge on any atom is 0.243 e. The first-order valence-electron chi connectivity index (χ1n) is 8.12. The van der Waals surface area contributed by atoms with Gasteiger partial charge in [0, 0.05) is 19.3 Å². The molecule has 3 N–H and O–H groups in total. The van der Waals surface area contributed by atoms with Crippen LogP contribution in [0.2, 0.25) is 0 Å². The Labute approximate surface area is 170 Å². The van der Waals surface area contributed by atoms with Gasteiger partial charge in [-0.15, -0.1) is 24.8 Å². The van der Waals surface area contributed by atoms with Crippen molar-refractivity contribution in [1.29, 1.82) is 0 Å².